The summed E-state index contributed by atoms with van der Waals surface area (Å²) in [5, 5.41) is 0. The molecule has 0 spiro atoms. The number of aromatic nitrogens is 4. The Bertz CT molecular complexity index is 1510. The predicted molar refractivity (Wildman–Crippen MR) is 157 cm³/mol. The number of alkyl halides is 3. The molecule has 4 rings (SSSR count). The average molecular weight is 645 g/mol. The number of aryl methyl sites for hydroxylation is 1. The van der Waals surface area contributed by atoms with Gasteiger partial charge in [0.15, 0.2) is 17.5 Å². The van der Waals surface area contributed by atoms with Crippen LogP contribution >= 0.6 is 0 Å². The summed E-state index contributed by atoms with van der Waals surface area (Å²) in [6.45, 7) is 8.14. The van der Waals surface area contributed by atoms with Crippen molar-refractivity contribution in [2.24, 2.45) is 7.05 Å². The molecule has 44 heavy (non-hydrogen) atoms. The fourth-order valence-electron chi connectivity index (χ4n) is 4.46. The van der Waals surface area contributed by atoms with Gasteiger partial charge in [-0.05, 0) is 37.4 Å². The van der Waals surface area contributed by atoms with Crippen molar-refractivity contribution < 1.29 is 41.6 Å². The fraction of sp³-hybridized carbons (Fsp3) is 0.607. The van der Waals surface area contributed by atoms with Crippen LogP contribution in [0.3, 0.4) is 0 Å². The lowest BCUT2D eigenvalue weighted by Gasteiger charge is -2.22. The standard InChI is InChI=1S/C28H39F3N4O8Si/c1-33-24-23(25(36)34(27(33)37)11-13-38-14-15-41-22-10-5-6-12-40-22)35(19-39-16-17-44(2,3)4)26(32-24)42-20-8-7-9-21(18-20)43-28(29,30)31/h7-9,18,22H,5-6,10-17,19H2,1-4H3. The summed E-state index contributed by atoms with van der Waals surface area (Å²) in [6, 6.07) is 5.62. The second kappa shape index (κ2) is 14.7. The van der Waals surface area contributed by atoms with Crippen LogP contribution < -0.4 is 20.7 Å². The van der Waals surface area contributed by atoms with E-state index >= 15 is 0 Å². The summed E-state index contributed by atoms with van der Waals surface area (Å²) in [5.41, 5.74) is -1.18. The molecule has 3 heterocycles. The number of nitrogens with zero attached hydrogens (tertiary/aromatic N) is 4. The number of fused-ring (bicyclic) bond motifs is 1. The van der Waals surface area contributed by atoms with Crippen LogP contribution in [-0.4, -0.2) is 72.4 Å². The van der Waals surface area contributed by atoms with Gasteiger partial charge < -0.3 is 28.4 Å². The van der Waals surface area contributed by atoms with E-state index in [-0.39, 0.29) is 55.7 Å². The Morgan fingerprint density at radius 1 is 1.02 bits per heavy atom. The fourth-order valence-corrected chi connectivity index (χ4v) is 5.22. The van der Waals surface area contributed by atoms with Gasteiger partial charge in [-0.25, -0.2) is 4.79 Å². The molecule has 0 amide bonds. The highest BCUT2D eigenvalue weighted by Crippen LogP contribution is 2.30. The van der Waals surface area contributed by atoms with Gasteiger partial charge in [-0.1, -0.05) is 25.7 Å². The quantitative estimate of drug-likeness (QED) is 0.175. The lowest BCUT2D eigenvalue weighted by Crippen LogP contribution is -2.40. The predicted octanol–water partition coefficient (Wildman–Crippen LogP) is 4.46. The Labute approximate surface area is 253 Å². The first-order chi connectivity index (χ1) is 20.8. The summed E-state index contributed by atoms with van der Waals surface area (Å²) in [5.74, 6) is -0.513. The second-order valence-corrected chi connectivity index (χ2v) is 17.2. The number of rotatable bonds is 15. The van der Waals surface area contributed by atoms with Crippen molar-refractivity contribution in [1.82, 2.24) is 18.7 Å². The van der Waals surface area contributed by atoms with E-state index in [4.69, 9.17) is 23.7 Å². The van der Waals surface area contributed by atoms with Crippen molar-refractivity contribution in [2.75, 3.05) is 33.0 Å². The zero-order chi connectivity index (χ0) is 31.9. The van der Waals surface area contributed by atoms with Crippen molar-refractivity contribution in [3.05, 3.63) is 45.1 Å². The minimum Gasteiger partial charge on any atom is -0.425 e. The van der Waals surface area contributed by atoms with Crippen LogP contribution in [0.15, 0.2) is 33.9 Å². The third-order valence-electron chi connectivity index (χ3n) is 6.79. The monoisotopic (exact) mass is 644 g/mol. The first kappa shape index (κ1) is 33.7. The molecular formula is C28H39F3N4O8Si. The molecule has 16 heteroatoms. The maximum Gasteiger partial charge on any atom is 0.573 e. The summed E-state index contributed by atoms with van der Waals surface area (Å²) in [7, 11) is 0.0301. The molecule has 1 fully saturated rings. The second-order valence-electron chi connectivity index (χ2n) is 11.5. The smallest absolute Gasteiger partial charge is 0.425 e. The van der Waals surface area contributed by atoms with Crippen LogP contribution in [0.1, 0.15) is 19.3 Å². The molecule has 12 nitrogen and oxygen atoms in total. The van der Waals surface area contributed by atoms with Gasteiger partial charge in [0.05, 0.1) is 26.4 Å². The summed E-state index contributed by atoms with van der Waals surface area (Å²) in [4.78, 5) is 31.2. The molecule has 1 aromatic carbocycles. The number of hydrogen-bond acceptors (Lipinski definition) is 9. The molecule has 1 unspecified atom stereocenters. The molecule has 0 N–H and O–H groups in total. The van der Waals surface area contributed by atoms with E-state index in [0.717, 1.165) is 42.0 Å². The minimum absolute atomic E-state index is 0.0232. The topological polar surface area (TPSA) is 117 Å². The normalized spacial score (nSPS) is 16.0. The van der Waals surface area contributed by atoms with Crippen LogP contribution in [0.25, 0.3) is 11.2 Å². The van der Waals surface area contributed by atoms with Crippen molar-refractivity contribution in [3.63, 3.8) is 0 Å². The molecule has 0 bridgehead atoms. The van der Waals surface area contributed by atoms with Gasteiger partial charge >= 0.3 is 18.1 Å². The van der Waals surface area contributed by atoms with Crippen LogP contribution in [0.5, 0.6) is 17.5 Å². The third kappa shape index (κ3) is 9.41. The van der Waals surface area contributed by atoms with Crippen LogP contribution in [-0.2, 0) is 39.3 Å². The van der Waals surface area contributed by atoms with E-state index < -0.39 is 31.4 Å². The van der Waals surface area contributed by atoms with Crippen LogP contribution in [0.4, 0.5) is 13.2 Å². The number of hydrogen-bond donors (Lipinski definition) is 0. The molecular weight excluding hydrogens is 605 g/mol. The molecule has 1 saturated heterocycles. The zero-order valence-corrected chi connectivity index (χ0v) is 26.4. The van der Waals surface area contributed by atoms with Gasteiger partial charge in [0.1, 0.15) is 18.2 Å². The first-order valence-corrected chi connectivity index (χ1v) is 18.2. The first-order valence-electron chi connectivity index (χ1n) is 14.4. The van der Waals surface area contributed by atoms with E-state index in [2.05, 4.69) is 29.4 Å². The number of imidazole rings is 1. The van der Waals surface area contributed by atoms with Crippen LogP contribution in [0.2, 0.25) is 25.7 Å². The van der Waals surface area contributed by atoms with Gasteiger partial charge in [-0.2, -0.15) is 4.98 Å². The Kier molecular flexibility index (Phi) is 11.3. The van der Waals surface area contributed by atoms with E-state index in [1.165, 1.54) is 28.3 Å². The van der Waals surface area contributed by atoms with Gasteiger partial charge in [0, 0.05) is 34.4 Å². The lowest BCUT2D eigenvalue weighted by molar-refractivity contribution is -0.274. The molecule has 1 atom stereocenters. The zero-order valence-electron chi connectivity index (χ0n) is 25.4. The average Bonchev–Trinajstić information content (AvgIpc) is 3.30. The highest BCUT2D eigenvalue weighted by molar-refractivity contribution is 6.76. The molecule has 1 aliphatic heterocycles. The van der Waals surface area contributed by atoms with E-state index in [1.807, 2.05) is 0 Å². The maximum absolute atomic E-state index is 13.7. The SMILES string of the molecule is Cn1c(=O)n(CCOCCOC2CCCCO2)c(=O)c2c1nc(Oc1cccc(OC(F)(F)F)c1)n2COCC[Si](C)(C)C. The maximum atomic E-state index is 13.7. The molecule has 0 aliphatic carbocycles. The molecule has 3 aromatic rings. The minimum atomic E-state index is -4.89. The highest BCUT2D eigenvalue weighted by Gasteiger charge is 2.31. The molecule has 0 radical (unpaired) electrons. The molecule has 1 aliphatic rings. The molecule has 2 aromatic heterocycles. The van der Waals surface area contributed by atoms with E-state index in [0.29, 0.717) is 19.8 Å². The van der Waals surface area contributed by atoms with Gasteiger partial charge in [0.2, 0.25) is 0 Å². The lowest BCUT2D eigenvalue weighted by atomic mass is 10.2. The Morgan fingerprint density at radius 3 is 2.50 bits per heavy atom. The Balaban J connectivity index is 1.56. The Hall–Kier alpha value is -3.18. The van der Waals surface area contributed by atoms with Crippen molar-refractivity contribution in [1.29, 1.82) is 0 Å². The van der Waals surface area contributed by atoms with Crippen molar-refractivity contribution in [3.8, 4) is 17.5 Å². The number of halogens is 3. The van der Waals surface area contributed by atoms with Gasteiger partial charge in [-0.15, -0.1) is 13.2 Å². The number of ether oxygens (including phenoxy) is 6. The van der Waals surface area contributed by atoms with E-state index in [9.17, 15) is 22.8 Å². The van der Waals surface area contributed by atoms with Gasteiger partial charge in [0.25, 0.3) is 5.56 Å². The summed E-state index contributed by atoms with van der Waals surface area (Å²) in [6.07, 6.45) is -2.23. The van der Waals surface area contributed by atoms with Crippen LogP contribution in [0, 0.1) is 0 Å². The summed E-state index contributed by atoms with van der Waals surface area (Å²) >= 11 is 0. The molecule has 244 valence electrons. The Morgan fingerprint density at radius 2 is 1.80 bits per heavy atom. The van der Waals surface area contributed by atoms with Crippen molar-refractivity contribution >= 4 is 19.2 Å². The summed E-state index contributed by atoms with van der Waals surface area (Å²) < 4.78 is 74.4. The highest BCUT2D eigenvalue weighted by atomic mass is 28.3. The van der Waals surface area contributed by atoms with Crippen molar-refractivity contribution in [2.45, 2.75) is 70.9 Å². The number of benzene rings is 1. The molecule has 0 saturated carbocycles. The van der Waals surface area contributed by atoms with Gasteiger partial charge in [-0.3, -0.25) is 18.5 Å². The third-order valence-corrected chi connectivity index (χ3v) is 8.50. The largest absolute Gasteiger partial charge is 0.573 e. The van der Waals surface area contributed by atoms with E-state index in [1.54, 1.807) is 0 Å².